The molecule has 1 aliphatic heterocycles. The van der Waals surface area contributed by atoms with E-state index in [4.69, 9.17) is 0 Å². The van der Waals surface area contributed by atoms with Crippen LogP contribution in [0.3, 0.4) is 0 Å². The average Bonchev–Trinajstić information content (AvgIpc) is 2.51. The highest BCUT2D eigenvalue weighted by atomic mass is 16.3. The van der Waals surface area contributed by atoms with Crippen LogP contribution in [0.4, 0.5) is 0 Å². The second-order valence-corrected chi connectivity index (χ2v) is 5.75. The van der Waals surface area contributed by atoms with Crippen molar-refractivity contribution in [2.24, 2.45) is 29.1 Å². The zero-order chi connectivity index (χ0) is 9.22. The van der Waals surface area contributed by atoms with Crippen LogP contribution in [0.2, 0.25) is 0 Å². The Morgan fingerprint density at radius 1 is 1.15 bits per heavy atom. The summed E-state index contributed by atoms with van der Waals surface area (Å²) in [4.78, 5) is 0. The molecule has 3 saturated carbocycles. The van der Waals surface area contributed by atoms with Crippen molar-refractivity contribution in [3.8, 4) is 0 Å². The van der Waals surface area contributed by atoms with Crippen molar-refractivity contribution in [1.82, 2.24) is 5.32 Å². The van der Waals surface area contributed by atoms with Gasteiger partial charge in [0.1, 0.15) is 0 Å². The molecule has 2 N–H and O–H groups in total. The van der Waals surface area contributed by atoms with Crippen molar-refractivity contribution >= 4 is 0 Å². The van der Waals surface area contributed by atoms with E-state index in [1.807, 2.05) is 0 Å². The van der Waals surface area contributed by atoms with E-state index in [2.05, 4.69) is 19.2 Å². The minimum Gasteiger partial charge on any atom is -0.392 e. The lowest BCUT2D eigenvalue weighted by atomic mass is 9.42. The van der Waals surface area contributed by atoms with Gasteiger partial charge in [-0.3, -0.25) is 0 Å². The first-order chi connectivity index (χ1) is 6.12. The number of nitrogens with one attached hydrogen (secondary N) is 1. The standard InChI is InChI=1S/C11H19NO/c1-11(2)8-3-9(11)10(13)7-5-12-4-6(7)8/h6-10,12-13H,3-5H2,1-2H3/t6?,7?,8-,9+,10?/m1/s1. The maximum absolute atomic E-state index is 10.2. The van der Waals surface area contributed by atoms with Gasteiger partial charge in [-0.1, -0.05) is 13.8 Å². The Morgan fingerprint density at radius 3 is 2.54 bits per heavy atom. The summed E-state index contributed by atoms with van der Waals surface area (Å²) in [5.74, 6) is 2.78. The molecule has 3 unspecified atom stereocenters. The van der Waals surface area contributed by atoms with Crippen LogP contribution in [0.15, 0.2) is 0 Å². The van der Waals surface area contributed by atoms with Gasteiger partial charge in [0.25, 0.3) is 0 Å². The molecule has 4 rings (SSSR count). The molecule has 5 atom stereocenters. The number of hydrogen-bond acceptors (Lipinski definition) is 2. The molecule has 2 nitrogen and oxygen atoms in total. The monoisotopic (exact) mass is 181 g/mol. The molecule has 0 amide bonds. The van der Waals surface area contributed by atoms with Crippen molar-refractivity contribution < 1.29 is 5.11 Å². The minimum atomic E-state index is -0.0278. The van der Waals surface area contributed by atoms with Gasteiger partial charge >= 0.3 is 0 Å². The van der Waals surface area contributed by atoms with Gasteiger partial charge < -0.3 is 10.4 Å². The Hall–Kier alpha value is -0.0800. The van der Waals surface area contributed by atoms with Crippen LogP contribution in [-0.4, -0.2) is 24.3 Å². The summed E-state index contributed by atoms with van der Waals surface area (Å²) < 4.78 is 0. The molecule has 3 aliphatic carbocycles. The lowest BCUT2D eigenvalue weighted by Crippen LogP contribution is -2.62. The van der Waals surface area contributed by atoms with Crippen molar-refractivity contribution in [3.05, 3.63) is 0 Å². The fourth-order valence-electron chi connectivity index (χ4n) is 4.13. The molecular formula is C11H19NO. The highest BCUT2D eigenvalue weighted by molar-refractivity contribution is 5.12. The lowest BCUT2D eigenvalue weighted by molar-refractivity contribution is -0.190. The van der Waals surface area contributed by atoms with Crippen LogP contribution >= 0.6 is 0 Å². The molecule has 2 heteroatoms. The molecule has 4 fully saturated rings. The molecule has 2 bridgehead atoms. The fourth-order valence-corrected chi connectivity index (χ4v) is 4.13. The Kier molecular flexibility index (Phi) is 1.45. The Bertz CT molecular complexity index is 236. The van der Waals surface area contributed by atoms with Crippen LogP contribution in [0.5, 0.6) is 0 Å². The number of aliphatic hydroxyl groups excluding tert-OH is 1. The first kappa shape index (κ1) is 8.25. The summed E-state index contributed by atoms with van der Waals surface area (Å²) in [5.41, 5.74) is 0.409. The van der Waals surface area contributed by atoms with Crippen LogP contribution in [0, 0.1) is 29.1 Å². The Morgan fingerprint density at radius 2 is 1.85 bits per heavy atom. The molecule has 0 aromatic carbocycles. The van der Waals surface area contributed by atoms with Gasteiger partial charge in [-0.25, -0.2) is 0 Å². The van der Waals surface area contributed by atoms with Gasteiger partial charge in [0.05, 0.1) is 6.10 Å². The van der Waals surface area contributed by atoms with Crippen molar-refractivity contribution in [3.63, 3.8) is 0 Å². The molecule has 1 heterocycles. The number of aliphatic hydroxyl groups is 1. The summed E-state index contributed by atoms with van der Waals surface area (Å²) in [5, 5.41) is 13.6. The van der Waals surface area contributed by atoms with Gasteiger partial charge in [0.15, 0.2) is 0 Å². The predicted molar refractivity (Wildman–Crippen MR) is 51.2 cm³/mol. The summed E-state index contributed by atoms with van der Waals surface area (Å²) in [6.45, 7) is 6.87. The molecule has 74 valence electrons. The first-order valence-corrected chi connectivity index (χ1v) is 5.51. The molecule has 1 saturated heterocycles. The van der Waals surface area contributed by atoms with Gasteiger partial charge in [0.2, 0.25) is 0 Å². The van der Waals surface area contributed by atoms with E-state index in [9.17, 15) is 5.11 Å². The summed E-state index contributed by atoms with van der Waals surface area (Å²) >= 11 is 0. The highest BCUT2D eigenvalue weighted by Crippen LogP contribution is 2.63. The largest absolute Gasteiger partial charge is 0.392 e. The molecule has 13 heavy (non-hydrogen) atoms. The van der Waals surface area contributed by atoms with Crippen molar-refractivity contribution in [2.75, 3.05) is 13.1 Å². The van der Waals surface area contributed by atoms with E-state index in [1.165, 1.54) is 6.42 Å². The van der Waals surface area contributed by atoms with Gasteiger partial charge in [-0.05, 0) is 36.1 Å². The second kappa shape index (κ2) is 2.29. The molecular weight excluding hydrogens is 162 g/mol. The molecule has 0 aromatic rings. The fraction of sp³-hybridized carbons (Fsp3) is 1.00. The van der Waals surface area contributed by atoms with E-state index in [0.717, 1.165) is 24.9 Å². The van der Waals surface area contributed by atoms with Crippen molar-refractivity contribution in [2.45, 2.75) is 26.4 Å². The normalized spacial score (nSPS) is 57.0. The van der Waals surface area contributed by atoms with E-state index < -0.39 is 0 Å². The summed E-state index contributed by atoms with van der Waals surface area (Å²) in [6.07, 6.45) is 1.25. The van der Waals surface area contributed by atoms with E-state index in [-0.39, 0.29) is 6.10 Å². The van der Waals surface area contributed by atoms with E-state index >= 15 is 0 Å². The van der Waals surface area contributed by atoms with Crippen molar-refractivity contribution in [1.29, 1.82) is 0 Å². The predicted octanol–water partition coefficient (Wildman–Crippen LogP) is 0.859. The first-order valence-electron chi connectivity index (χ1n) is 5.51. The van der Waals surface area contributed by atoms with Gasteiger partial charge in [0, 0.05) is 12.5 Å². The second-order valence-electron chi connectivity index (χ2n) is 5.75. The Balaban J connectivity index is 1.93. The Labute approximate surface area is 79.7 Å². The topological polar surface area (TPSA) is 32.3 Å². The van der Waals surface area contributed by atoms with Crippen LogP contribution < -0.4 is 5.32 Å². The SMILES string of the molecule is CC1(C)[C@@H]2C[C@H]1C(O)C1CNCC12. The number of hydrogen-bond donors (Lipinski definition) is 2. The molecule has 4 aliphatic rings. The smallest absolute Gasteiger partial charge is 0.0617 e. The summed E-state index contributed by atoms with van der Waals surface area (Å²) in [7, 11) is 0. The minimum absolute atomic E-state index is 0.0278. The quantitative estimate of drug-likeness (QED) is 0.581. The van der Waals surface area contributed by atoms with Crippen LogP contribution in [0.25, 0.3) is 0 Å². The summed E-state index contributed by atoms with van der Waals surface area (Å²) in [6, 6.07) is 0. The molecule has 0 radical (unpaired) electrons. The van der Waals surface area contributed by atoms with Gasteiger partial charge in [-0.2, -0.15) is 0 Å². The third-order valence-electron chi connectivity index (χ3n) is 5.10. The zero-order valence-electron chi connectivity index (χ0n) is 8.46. The van der Waals surface area contributed by atoms with Crippen LogP contribution in [0.1, 0.15) is 20.3 Å². The maximum atomic E-state index is 10.2. The van der Waals surface area contributed by atoms with Crippen LogP contribution in [-0.2, 0) is 0 Å². The molecule has 0 aromatic heterocycles. The lowest BCUT2D eigenvalue weighted by Gasteiger charge is -2.63. The maximum Gasteiger partial charge on any atom is 0.0617 e. The third kappa shape index (κ3) is 0.816. The van der Waals surface area contributed by atoms with E-state index in [1.54, 1.807) is 0 Å². The third-order valence-corrected chi connectivity index (χ3v) is 5.10. The van der Waals surface area contributed by atoms with Gasteiger partial charge in [-0.15, -0.1) is 0 Å². The average molecular weight is 181 g/mol. The number of rotatable bonds is 0. The highest BCUT2D eigenvalue weighted by Gasteiger charge is 2.62. The zero-order valence-corrected chi connectivity index (χ0v) is 8.46. The van der Waals surface area contributed by atoms with E-state index in [0.29, 0.717) is 17.3 Å². The molecule has 0 spiro atoms.